The molecule has 1 saturated heterocycles. The Balaban J connectivity index is 1.23. The number of para-hydroxylation sites is 1. The molecule has 0 aliphatic carbocycles. The summed E-state index contributed by atoms with van der Waals surface area (Å²) in [6, 6.07) is 20.4. The number of anilines is 2. The summed E-state index contributed by atoms with van der Waals surface area (Å²) in [6.45, 7) is 13.1. The minimum atomic E-state index is -1.21. The van der Waals surface area contributed by atoms with Crippen LogP contribution < -0.4 is 9.70 Å². The fourth-order valence-electron chi connectivity index (χ4n) is 5.35. The van der Waals surface area contributed by atoms with Gasteiger partial charge in [0.05, 0.1) is 16.8 Å². The van der Waals surface area contributed by atoms with E-state index in [1.165, 1.54) is 11.3 Å². The standard InChI is InChI=1S/C35H41N7O4S2Si/c1-7-46-33(44)29-30(25-20-41(21-25)32(43)24-13-9-8-10-14-24)48-34(36-29)40(3)28-19-23(2)31(39-38-28)37-35-42(22-45-17-18-49(4,5)6)26-15-11-12-16-27(26)47-35/h8-16,19,25H,7,17-18,20-22H2,1-6H3. The first-order valence-electron chi connectivity index (χ1n) is 16.3. The number of nitrogens with zero attached hydrogens (tertiary/aromatic N) is 7. The zero-order chi connectivity index (χ0) is 34.7. The van der Waals surface area contributed by atoms with Gasteiger partial charge in [0.25, 0.3) is 5.91 Å². The second kappa shape index (κ2) is 14.7. The zero-order valence-corrected chi connectivity index (χ0v) is 31.3. The van der Waals surface area contributed by atoms with Crippen LogP contribution >= 0.6 is 22.7 Å². The van der Waals surface area contributed by atoms with Crippen LogP contribution in [0.2, 0.25) is 25.7 Å². The quantitative estimate of drug-likeness (QED) is 0.0772. The Labute approximate surface area is 294 Å². The number of thiazole rings is 2. The van der Waals surface area contributed by atoms with Crippen molar-refractivity contribution in [3.8, 4) is 0 Å². The van der Waals surface area contributed by atoms with Gasteiger partial charge in [0.1, 0.15) is 6.73 Å². The van der Waals surface area contributed by atoms with E-state index in [9.17, 15) is 9.59 Å². The summed E-state index contributed by atoms with van der Waals surface area (Å²) >= 11 is 3.00. The SMILES string of the molecule is CCOC(=O)c1nc(N(C)c2cc(C)c(N=c3sc4ccccc4n3COCC[Si](C)(C)C)nn2)sc1C1CN(C(=O)c2ccccc2)C1. The summed E-state index contributed by atoms with van der Waals surface area (Å²) in [7, 11) is 0.641. The van der Waals surface area contributed by atoms with E-state index in [2.05, 4.69) is 46.5 Å². The van der Waals surface area contributed by atoms with Crippen molar-refractivity contribution >= 4 is 69.6 Å². The number of ether oxygens (including phenoxy) is 2. The Bertz CT molecular complexity index is 2030. The molecule has 0 saturated carbocycles. The van der Waals surface area contributed by atoms with E-state index in [1.54, 1.807) is 23.2 Å². The molecule has 11 nitrogen and oxygen atoms in total. The molecule has 1 aliphatic rings. The Kier molecular flexibility index (Phi) is 10.4. The maximum Gasteiger partial charge on any atom is 0.358 e. The second-order valence-corrected chi connectivity index (χ2v) is 20.9. The molecule has 0 bridgehead atoms. The summed E-state index contributed by atoms with van der Waals surface area (Å²) in [6.07, 6.45) is 0. The molecule has 5 aromatic rings. The number of likely N-dealkylation sites (tertiary alicyclic amines) is 1. The van der Waals surface area contributed by atoms with E-state index in [-0.39, 0.29) is 24.1 Å². The highest BCUT2D eigenvalue weighted by molar-refractivity contribution is 7.16. The Morgan fingerprint density at radius 3 is 2.49 bits per heavy atom. The average molecular weight is 716 g/mol. The van der Waals surface area contributed by atoms with E-state index < -0.39 is 14.0 Å². The number of carbonyl (C=O) groups excluding carboxylic acids is 2. The van der Waals surface area contributed by atoms with E-state index in [0.717, 1.165) is 31.5 Å². The minimum Gasteiger partial charge on any atom is -0.461 e. The average Bonchev–Trinajstić information content (AvgIpc) is 3.65. The molecule has 0 spiro atoms. The van der Waals surface area contributed by atoms with Crippen molar-refractivity contribution in [3.05, 3.63) is 87.2 Å². The van der Waals surface area contributed by atoms with Crippen LogP contribution in [0.25, 0.3) is 10.2 Å². The number of benzene rings is 2. The normalized spacial score (nSPS) is 13.9. The lowest BCUT2D eigenvalue weighted by Crippen LogP contribution is -2.48. The first-order chi connectivity index (χ1) is 23.5. The molecule has 0 N–H and O–H groups in total. The molecule has 256 valence electrons. The van der Waals surface area contributed by atoms with Gasteiger partial charge in [0.15, 0.2) is 27.3 Å². The lowest BCUT2D eigenvalue weighted by molar-refractivity contribution is 0.0513. The number of rotatable bonds is 12. The fourth-order valence-corrected chi connectivity index (χ4v) is 8.23. The summed E-state index contributed by atoms with van der Waals surface area (Å²) in [5.74, 6) is 0.570. The van der Waals surface area contributed by atoms with Gasteiger partial charge in [-0.15, -0.1) is 21.5 Å². The van der Waals surface area contributed by atoms with Crippen LogP contribution in [-0.4, -0.2) is 77.9 Å². The number of carbonyl (C=O) groups is 2. The van der Waals surface area contributed by atoms with Crippen LogP contribution in [0.1, 0.15) is 44.1 Å². The highest BCUT2D eigenvalue weighted by atomic mass is 32.1. The van der Waals surface area contributed by atoms with E-state index in [1.807, 2.05) is 67.4 Å². The number of hydrogen-bond donors (Lipinski definition) is 0. The van der Waals surface area contributed by atoms with Crippen molar-refractivity contribution in [1.29, 1.82) is 0 Å². The van der Waals surface area contributed by atoms with Crippen molar-refractivity contribution in [2.24, 2.45) is 4.99 Å². The van der Waals surface area contributed by atoms with E-state index in [4.69, 9.17) is 19.5 Å². The highest BCUT2D eigenvalue weighted by Gasteiger charge is 2.37. The molecule has 3 aromatic heterocycles. The summed E-state index contributed by atoms with van der Waals surface area (Å²) in [5.41, 5.74) is 2.84. The van der Waals surface area contributed by atoms with Crippen LogP contribution in [0.5, 0.6) is 0 Å². The molecular formula is C35H41N7O4S2Si. The van der Waals surface area contributed by atoms with Gasteiger partial charge in [0, 0.05) is 51.2 Å². The van der Waals surface area contributed by atoms with E-state index >= 15 is 0 Å². The molecule has 0 unspecified atom stereocenters. The van der Waals surface area contributed by atoms with Crippen molar-refractivity contribution < 1.29 is 19.1 Å². The maximum atomic E-state index is 13.0. The minimum absolute atomic E-state index is 0.0202. The monoisotopic (exact) mass is 715 g/mol. The Morgan fingerprint density at radius 1 is 1.04 bits per heavy atom. The van der Waals surface area contributed by atoms with Gasteiger partial charge in [-0.1, -0.05) is 61.3 Å². The number of aryl methyl sites for hydroxylation is 1. The van der Waals surface area contributed by atoms with Crippen molar-refractivity contribution in [2.45, 2.75) is 52.2 Å². The van der Waals surface area contributed by atoms with Crippen LogP contribution in [0, 0.1) is 6.92 Å². The van der Waals surface area contributed by atoms with Crippen molar-refractivity contribution in [3.63, 3.8) is 0 Å². The predicted molar refractivity (Wildman–Crippen MR) is 197 cm³/mol. The third kappa shape index (κ3) is 7.82. The predicted octanol–water partition coefficient (Wildman–Crippen LogP) is 6.99. The number of aromatic nitrogens is 4. The third-order valence-electron chi connectivity index (χ3n) is 8.25. The van der Waals surface area contributed by atoms with Gasteiger partial charge in [-0.25, -0.2) is 9.78 Å². The lowest BCUT2D eigenvalue weighted by Gasteiger charge is -2.39. The Morgan fingerprint density at radius 2 is 1.78 bits per heavy atom. The smallest absolute Gasteiger partial charge is 0.358 e. The van der Waals surface area contributed by atoms with Crippen LogP contribution in [-0.2, 0) is 16.2 Å². The highest BCUT2D eigenvalue weighted by Crippen LogP contribution is 2.39. The summed E-state index contributed by atoms with van der Waals surface area (Å²) in [5, 5.41) is 9.62. The van der Waals surface area contributed by atoms with Crippen molar-refractivity contribution in [1.82, 2.24) is 24.6 Å². The number of amides is 1. The lowest BCUT2D eigenvalue weighted by atomic mass is 9.96. The van der Waals surface area contributed by atoms with Gasteiger partial charge in [-0.05, 0) is 55.8 Å². The first-order valence-corrected chi connectivity index (χ1v) is 21.7. The van der Waals surface area contributed by atoms with Gasteiger partial charge in [0.2, 0.25) is 0 Å². The van der Waals surface area contributed by atoms with Gasteiger partial charge in [-0.2, -0.15) is 4.99 Å². The molecular weight excluding hydrogens is 675 g/mol. The maximum absolute atomic E-state index is 13.0. The second-order valence-electron chi connectivity index (χ2n) is 13.2. The van der Waals surface area contributed by atoms with Crippen LogP contribution in [0.15, 0.2) is 65.7 Å². The topological polar surface area (TPSA) is 115 Å². The summed E-state index contributed by atoms with van der Waals surface area (Å²) in [4.78, 5) is 40.8. The van der Waals surface area contributed by atoms with Gasteiger partial charge in [-0.3, -0.25) is 9.36 Å². The van der Waals surface area contributed by atoms with Gasteiger partial charge >= 0.3 is 5.97 Å². The number of esters is 1. The van der Waals surface area contributed by atoms with Crippen LogP contribution in [0.3, 0.4) is 0 Å². The molecule has 49 heavy (non-hydrogen) atoms. The molecule has 2 aromatic carbocycles. The fraction of sp³-hybridized carbons (Fsp3) is 0.371. The molecule has 0 radical (unpaired) electrons. The molecule has 6 rings (SSSR count). The molecule has 14 heteroatoms. The zero-order valence-electron chi connectivity index (χ0n) is 28.7. The van der Waals surface area contributed by atoms with Crippen LogP contribution in [0.4, 0.5) is 16.8 Å². The number of hydrogen-bond acceptors (Lipinski definition) is 11. The summed E-state index contributed by atoms with van der Waals surface area (Å²) < 4.78 is 14.7. The third-order valence-corrected chi connectivity index (χ3v) is 12.3. The van der Waals surface area contributed by atoms with E-state index in [0.29, 0.717) is 48.8 Å². The largest absolute Gasteiger partial charge is 0.461 e. The molecule has 4 heterocycles. The first kappa shape index (κ1) is 34.6. The molecule has 1 amide bonds. The van der Waals surface area contributed by atoms with Gasteiger partial charge < -0.3 is 19.3 Å². The van der Waals surface area contributed by atoms with Crippen molar-refractivity contribution in [2.75, 3.05) is 38.3 Å². The molecule has 0 atom stereocenters. The number of fused-ring (bicyclic) bond motifs is 1. The molecule has 1 fully saturated rings. The Hall–Kier alpha value is -4.24. The molecule has 1 aliphatic heterocycles.